The van der Waals surface area contributed by atoms with E-state index in [1.54, 1.807) is 23.1 Å². The van der Waals surface area contributed by atoms with Gasteiger partial charge in [0.15, 0.2) is 5.69 Å². The van der Waals surface area contributed by atoms with Crippen molar-refractivity contribution in [1.82, 2.24) is 20.1 Å². The third-order valence-electron chi connectivity index (χ3n) is 7.16. The molecule has 0 bridgehead atoms. The number of nitrogens with zero attached hydrogens (tertiary/aromatic N) is 3. The molecule has 5 rings (SSSR count). The molecule has 2 aliphatic rings. The van der Waals surface area contributed by atoms with E-state index >= 15 is 0 Å². The number of carboxylic acids is 1. The molecule has 9 heteroatoms. The largest absolute Gasteiger partial charge is 0.476 e. The quantitative estimate of drug-likeness (QED) is 0.485. The average Bonchev–Trinajstić information content (AvgIpc) is 3.35. The molecular formula is C29H29FN4O4. The van der Waals surface area contributed by atoms with Crippen LogP contribution in [0.5, 0.6) is 0 Å². The van der Waals surface area contributed by atoms with Gasteiger partial charge >= 0.3 is 5.97 Å². The van der Waals surface area contributed by atoms with Gasteiger partial charge in [0.05, 0.1) is 5.56 Å². The van der Waals surface area contributed by atoms with Crippen molar-refractivity contribution in [3.05, 3.63) is 89.0 Å². The third-order valence-corrected chi connectivity index (χ3v) is 7.16. The number of pyridine rings is 1. The van der Waals surface area contributed by atoms with Crippen molar-refractivity contribution in [1.29, 1.82) is 0 Å². The van der Waals surface area contributed by atoms with E-state index in [2.05, 4.69) is 21.3 Å². The van der Waals surface area contributed by atoms with E-state index in [0.717, 1.165) is 48.0 Å². The van der Waals surface area contributed by atoms with Gasteiger partial charge < -0.3 is 15.3 Å². The maximum absolute atomic E-state index is 13.4. The third kappa shape index (κ3) is 5.89. The lowest BCUT2D eigenvalue weighted by Gasteiger charge is -2.28. The molecule has 0 aliphatic carbocycles. The Labute approximate surface area is 219 Å². The van der Waals surface area contributed by atoms with E-state index < -0.39 is 5.97 Å². The number of halogens is 1. The fourth-order valence-corrected chi connectivity index (χ4v) is 5.20. The minimum absolute atomic E-state index is 0.0654. The zero-order valence-electron chi connectivity index (χ0n) is 20.9. The van der Waals surface area contributed by atoms with Gasteiger partial charge in [-0.1, -0.05) is 23.8 Å². The second-order valence-corrected chi connectivity index (χ2v) is 9.85. The van der Waals surface area contributed by atoms with Crippen LogP contribution in [0.1, 0.15) is 45.7 Å². The van der Waals surface area contributed by atoms with E-state index in [0.29, 0.717) is 25.9 Å². The molecule has 2 amide bonds. The van der Waals surface area contributed by atoms with E-state index in [4.69, 9.17) is 0 Å². The number of hydrogen-bond acceptors (Lipinski definition) is 5. The number of carbonyl (C=O) groups is 3. The number of fused-ring (bicyclic) bond motifs is 1. The summed E-state index contributed by atoms with van der Waals surface area (Å²) in [6, 6.07) is 13.9. The van der Waals surface area contributed by atoms with Crippen LogP contribution in [-0.4, -0.2) is 69.9 Å². The molecule has 2 aromatic carbocycles. The highest BCUT2D eigenvalue weighted by Crippen LogP contribution is 2.22. The summed E-state index contributed by atoms with van der Waals surface area (Å²) in [4.78, 5) is 44.6. The van der Waals surface area contributed by atoms with Crippen LogP contribution in [0, 0.1) is 5.82 Å². The average molecular weight is 517 g/mol. The van der Waals surface area contributed by atoms with Gasteiger partial charge in [0.1, 0.15) is 5.82 Å². The highest BCUT2D eigenvalue weighted by Gasteiger charge is 2.26. The first-order valence-electron chi connectivity index (χ1n) is 12.7. The number of piperidine rings is 1. The Kier molecular flexibility index (Phi) is 7.46. The monoisotopic (exact) mass is 516 g/mol. The summed E-state index contributed by atoms with van der Waals surface area (Å²) >= 11 is 0. The molecule has 3 aromatic rings. The minimum Gasteiger partial charge on any atom is -0.476 e. The van der Waals surface area contributed by atoms with E-state index in [-0.39, 0.29) is 34.9 Å². The van der Waals surface area contributed by atoms with Gasteiger partial charge in [0, 0.05) is 51.0 Å². The summed E-state index contributed by atoms with van der Waals surface area (Å²) in [5.41, 5.74) is 1.95. The van der Waals surface area contributed by atoms with E-state index in [1.807, 2.05) is 12.1 Å². The standard InChI is InChI=1S/C29H29FN4O4/c30-23-6-5-21-14-20(3-4-22(21)16-23)17-33-11-9-24(18-33)32-26(35)15-19-7-12-34(13-8-19)28(36)25-2-1-10-31-27(25)29(37)38/h1-6,10,14-16,24H,7-9,11-13,17-18H2,(H,32,35)(H,37,38)/t24-/m1/s1. The number of rotatable bonds is 6. The first kappa shape index (κ1) is 25.5. The summed E-state index contributed by atoms with van der Waals surface area (Å²) in [5.74, 6) is -1.96. The summed E-state index contributed by atoms with van der Waals surface area (Å²) in [6.07, 6.45) is 4.98. The predicted molar refractivity (Wildman–Crippen MR) is 140 cm³/mol. The molecule has 0 spiro atoms. The Bertz CT molecular complexity index is 1410. The van der Waals surface area contributed by atoms with Crippen LogP contribution in [0.3, 0.4) is 0 Å². The topological polar surface area (TPSA) is 103 Å². The number of carboxylic acid groups (broad SMARTS) is 1. The smallest absolute Gasteiger partial charge is 0.355 e. The van der Waals surface area contributed by atoms with Gasteiger partial charge in [-0.25, -0.2) is 14.2 Å². The highest BCUT2D eigenvalue weighted by molar-refractivity contribution is 6.03. The molecule has 0 unspecified atom stereocenters. The lowest BCUT2D eigenvalue weighted by Crippen LogP contribution is -2.38. The fourth-order valence-electron chi connectivity index (χ4n) is 5.20. The summed E-state index contributed by atoms with van der Waals surface area (Å²) in [6.45, 7) is 3.25. The van der Waals surface area contributed by atoms with Gasteiger partial charge in [0.25, 0.3) is 5.91 Å². The Morgan fingerprint density at radius 3 is 2.61 bits per heavy atom. The number of aromatic carboxylic acids is 1. The molecule has 2 saturated heterocycles. The molecule has 2 fully saturated rings. The SMILES string of the molecule is O=C(C=C1CCN(C(=O)c2cccnc2C(=O)O)CC1)N[C@@H]1CCN(Cc2ccc3cc(F)ccc3c2)C1. The summed E-state index contributed by atoms with van der Waals surface area (Å²) in [7, 11) is 0. The molecule has 2 N–H and O–H groups in total. The number of aromatic nitrogens is 1. The summed E-state index contributed by atoms with van der Waals surface area (Å²) in [5, 5.41) is 14.3. The van der Waals surface area contributed by atoms with Crippen LogP contribution in [0.2, 0.25) is 0 Å². The van der Waals surface area contributed by atoms with Crippen molar-refractivity contribution in [2.24, 2.45) is 0 Å². The molecular weight excluding hydrogens is 487 g/mol. The Balaban J connectivity index is 1.10. The predicted octanol–water partition coefficient (Wildman–Crippen LogP) is 3.63. The van der Waals surface area contributed by atoms with Crippen molar-refractivity contribution >= 4 is 28.6 Å². The number of likely N-dealkylation sites (tertiary alicyclic amines) is 2. The second kappa shape index (κ2) is 11.1. The first-order valence-corrected chi connectivity index (χ1v) is 12.7. The van der Waals surface area contributed by atoms with Crippen LogP contribution >= 0.6 is 0 Å². The number of hydrogen-bond donors (Lipinski definition) is 2. The van der Waals surface area contributed by atoms with Crippen LogP contribution in [0.25, 0.3) is 10.8 Å². The molecule has 1 atom stereocenters. The van der Waals surface area contributed by atoms with Crippen molar-refractivity contribution in [3.8, 4) is 0 Å². The molecule has 3 heterocycles. The number of nitrogens with one attached hydrogen (secondary N) is 1. The zero-order chi connectivity index (χ0) is 26.6. The Morgan fingerprint density at radius 1 is 1.05 bits per heavy atom. The van der Waals surface area contributed by atoms with Crippen LogP contribution in [0.4, 0.5) is 4.39 Å². The maximum atomic E-state index is 13.4. The second-order valence-electron chi connectivity index (χ2n) is 9.85. The Morgan fingerprint density at radius 2 is 1.82 bits per heavy atom. The first-order chi connectivity index (χ1) is 18.4. The van der Waals surface area contributed by atoms with Crippen LogP contribution in [0.15, 0.2) is 66.4 Å². The van der Waals surface area contributed by atoms with Gasteiger partial charge in [-0.2, -0.15) is 0 Å². The number of benzene rings is 2. The van der Waals surface area contributed by atoms with Crippen LogP contribution < -0.4 is 5.32 Å². The molecule has 196 valence electrons. The van der Waals surface area contributed by atoms with Gasteiger partial charge in [0.2, 0.25) is 5.91 Å². The molecule has 2 aliphatic heterocycles. The highest BCUT2D eigenvalue weighted by atomic mass is 19.1. The molecule has 0 saturated carbocycles. The van der Waals surface area contributed by atoms with Crippen molar-refractivity contribution in [3.63, 3.8) is 0 Å². The fraction of sp³-hybridized carbons (Fsp3) is 0.310. The maximum Gasteiger partial charge on any atom is 0.355 e. The summed E-state index contributed by atoms with van der Waals surface area (Å²) < 4.78 is 13.4. The lowest BCUT2D eigenvalue weighted by molar-refractivity contribution is -0.117. The number of carbonyl (C=O) groups excluding carboxylic acids is 2. The van der Waals surface area contributed by atoms with E-state index in [9.17, 15) is 23.9 Å². The normalized spacial score (nSPS) is 18.0. The molecule has 38 heavy (non-hydrogen) atoms. The van der Waals surface area contributed by atoms with Crippen LogP contribution in [-0.2, 0) is 11.3 Å². The molecule has 8 nitrogen and oxygen atoms in total. The van der Waals surface area contributed by atoms with Crippen molar-refractivity contribution < 1.29 is 23.9 Å². The van der Waals surface area contributed by atoms with Gasteiger partial charge in [-0.15, -0.1) is 0 Å². The van der Waals surface area contributed by atoms with E-state index in [1.165, 1.54) is 24.4 Å². The van der Waals surface area contributed by atoms with Crippen molar-refractivity contribution in [2.75, 3.05) is 26.2 Å². The lowest BCUT2D eigenvalue weighted by atomic mass is 10.0. The molecule has 0 radical (unpaired) electrons. The van der Waals surface area contributed by atoms with Gasteiger partial charge in [-0.05, 0) is 65.9 Å². The zero-order valence-corrected chi connectivity index (χ0v) is 20.9. The Hall–Kier alpha value is -4.11. The minimum atomic E-state index is -1.23. The van der Waals surface area contributed by atoms with Crippen molar-refractivity contribution in [2.45, 2.75) is 31.8 Å². The molecule has 1 aromatic heterocycles. The number of amides is 2. The van der Waals surface area contributed by atoms with Gasteiger partial charge in [-0.3, -0.25) is 14.5 Å².